The quantitative estimate of drug-likeness (QED) is 0.626. The monoisotopic (exact) mass is 274 g/mol. The molecule has 0 saturated heterocycles. The molecule has 0 fully saturated rings. The summed E-state index contributed by atoms with van der Waals surface area (Å²) < 4.78 is 1.65. The van der Waals surface area contributed by atoms with E-state index in [0.717, 1.165) is 5.56 Å². The maximum atomic E-state index is 12.2. The van der Waals surface area contributed by atoms with Crippen LogP contribution in [0.2, 0.25) is 0 Å². The van der Waals surface area contributed by atoms with Crippen molar-refractivity contribution in [2.45, 2.75) is 6.54 Å². The summed E-state index contributed by atoms with van der Waals surface area (Å²) in [6.45, 7) is 0.398. The van der Waals surface area contributed by atoms with Crippen molar-refractivity contribution >= 4 is 11.6 Å². The highest BCUT2D eigenvalue weighted by Crippen LogP contribution is 2.15. The molecular weight excluding hydrogens is 260 g/mol. The second kappa shape index (κ2) is 5.52. The highest BCUT2D eigenvalue weighted by Gasteiger charge is 2.15. The van der Waals surface area contributed by atoms with Crippen LogP contribution in [0.5, 0.6) is 0 Å². The number of aromatic nitrogens is 2. The highest BCUT2D eigenvalue weighted by molar-refractivity contribution is 5.94. The Morgan fingerprint density at radius 3 is 2.85 bits per heavy atom. The molecule has 0 spiro atoms. The number of nitrogens with zero attached hydrogens (tertiary/aromatic N) is 4. The van der Waals surface area contributed by atoms with Gasteiger partial charge in [-0.2, -0.15) is 5.10 Å². The number of nitro groups is 1. The van der Waals surface area contributed by atoms with E-state index in [2.05, 4.69) is 5.10 Å². The fourth-order valence-electron chi connectivity index (χ4n) is 1.87. The molecule has 0 N–H and O–H groups in total. The van der Waals surface area contributed by atoms with Crippen LogP contribution in [0.3, 0.4) is 0 Å². The van der Waals surface area contributed by atoms with E-state index >= 15 is 0 Å². The largest absolute Gasteiger partial charge is 0.337 e. The maximum Gasteiger partial charge on any atom is 0.270 e. The van der Waals surface area contributed by atoms with Crippen molar-refractivity contribution in [2.75, 3.05) is 7.05 Å². The molecule has 1 amide bonds. The Balaban J connectivity index is 2.14. The number of nitro benzene ring substituents is 1. The number of carbonyl (C=O) groups is 1. The smallest absolute Gasteiger partial charge is 0.270 e. The summed E-state index contributed by atoms with van der Waals surface area (Å²) in [6, 6.07) is 5.71. The van der Waals surface area contributed by atoms with E-state index in [1.807, 2.05) is 6.20 Å². The van der Waals surface area contributed by atoms with Crippen LogP contribution in [0.25, 0.3) is 0 Å². The number of aryl methyl sites for hydroxylation is 1. The van der Waals surface area contributed by atoms with E-state index in [1.54, 1.807) is 31.0 Å². The lowest BCUT2D eigenvalue weighted by Gasteiger charge is -2.16. The number of benzene rings is 1. The van der Waals surface area contributed by atoms with E-state index in [4.69, 9.17) is 0 Å². The van der Waals surface area contributed by atoms with Crippen molar-refractivity contribution in [1.29, 1.82) is 0 Å². The van der Waals surface area contributed by atoms with Gasteiger partial charge in [-0.25, -0.2) is 0 Å². The molecule has 0 bridgehead atoms. The minimum Gasteiger partial charge on any atom is -0.337 e. The molecule has 104 valence electrons. The summed E-state index contributed by atoms with van der Waals surface area (Å²) >= 11 is 0. The molecule has 0 aliphatic carbocycles. The average molecular weight is 274 g/mol. The fourth-order valence-corrected chi connectivity index (χ4v) is 1.87. The summed E-state index contributed by atoms with van der Waals surface area (Å²) in [6.07, 6.45) is 3.49. The first-order valence-corrected chi connectivity index (χ1v) is 5.95. The summed E-state index contributed by atoms with van der Waals surface area (Å²) in [5.41, 5.74) is 1.10. The lowest BCUT2D eigenvalue weighted by atomic mass is 10.1. The van der Waals surface area contributed by atoms with Gasteiger partial charge < -0.3 is 4.90 Å². The van der Waals surface area contributed by atoms with E-state index in [0.29, 0.717) is 12.1 Å². The summed E-state index contributed by atoms with van der Waals surface area (Å²) in [7, 11) is 3.44. The van der Waals surface area contributed by atoms with Crippen LogP contribution in [-0.4, -0.2) is 32.6 Å². The molecule has 0 aliphatic rings. The first kappa shape index (κ1) is 13.7. The minimum atomic E-state index is -0.516. The van der Waals surface area contributed by atoms with E-state index in [-0.39, 0.29) is 11.6 Å². The third-order valence-corrected chi connectivity index (χ3v) is 2.83. The Hall–Kier alpha value is -2.70. The van der Waals surface area contributed by atoms with Crippen molar-refractivity contribution < 1.29 is 9.72 Å². The summed E-state index contributed by atoms with van der Waals surface area (Å²) in [4.78, 5) is 23.9. The van der Waals surface area contributed by atoms with E-state index in [9.17, 15) is 14.9 Å². The Kier molecular flexibility index (Phi) is 3.79. The second-order valence-electron chi connectivity index (χ2n) is 4.49. The van der Waals surface area contributed by atoms with Crippen LogP contribution in [0.1, 0.15) is 15.9 Å². The van der Waals surface area contributed by atoms with Gasteiger partial charge in [-0.3, -0.25) is 19.6 Å². The number of hydrogen-bond donors (Lipinski definition) is 0. The normalized spacial score (nSPS) is 10.3. The van der Waals surface area contributed by atoms with E-state index in [1.165, 1.54) is 23.1 Å². The van der Waals surface area contributed by atoms with Gasteiger partial charge in [0, 0.05) is 50.1 Å². The van der Waals surface area contributed by atoms with Gasteiger partial charge in [-0.1, -0.05) is 6.07 Å². The molecular formula is C13H14N4O3. The minimum absolute atomic E-state index is 0.0920. The number of rotatable bonds is 4. The average Bonchev–Trinajstić information content (AvgIpc) is 2.83. The van der Waals surface area contributed by atoms with Gasteiger partial charge in [-0.05, 0) is 6.07 Å². The van der Waals surface area contributed by atoms with Crippen LogP contribution < -0.4 is 0 Å². The van der Waals surface area contributed by atoms with Crippen molar-refractivity contribution in [2.24, 2.45) is 7.05 Å². The molecule has 1 aromatic carbocycles. The number of amides is 1. The predicted octanol–water partition coefficient (Wildman–Crippen LogP) is 1.60. The number of carbonyl (C=O) groups excluding carboxylic acids is 1. The van der Waals surface area contributed by atoms with E-state index < -0.39 is 4.92 Å². The van der Waals surface area contributed by atoms with Crippen LogP contribution in [0.15, 0.2) is 36.7 Å². The lowest BCUT2D eigenvalue weighted by molar-refractivity contribution is -0.384. The van der Waals surface area contributed by atoms with Crippen LogP contribution in [0.4, 0.5) is 5.69 Å². The third-order valence-electron chi connectivity index (χ3n) is 2.83. The standard InChI is InChI=1S/C13H14N4O3/c1-15(8-10-7-14-16(2)9-10)13(18)11-4-3-5-12(6-11)17(19)20/h3-7,9H,8H2,1-2H3. The van der Waals surface area contributed by atoms with Crippen molar-refractivity contribution in [3.05, 3.63) is 57.9 Å². The zero-order valence-electron chi connectivity index (χ0n) is 11.2. The molecule has 1 aromatic heterocycles. The van der Waals surface area contributed by atoms with Gasteiger partial charge in [-0.15, -0.1) is 0 Å². The summed E-state index contributed by atoms with van der Waals surface area (Å²) in [5, 5.41) is 14.7. The highest BCUT2D eigenvalue weighted by atomic mass is 16.6. The molecule has 7 nitrogen and oxygen atoms in total. The molecule has 2 aromatic rings. The molecule has 20 heavy (non-hydrogen) atoms. The van der Waals surface area contributed by atoms with Crippen LogP contribution in [-0.2, 0) is 13.6 Å². The van der Waals surface area contributed by atoms with Crippen LogP contribution >= 0.6 is 0 Å². The van der Waals surface area contributed by atoms with Gasteiger partial charge in [0.15, 0.2) is 0 Å². The molecule has 0 saturated carbocycles. The molecule has 0 radical (unpaired) electrons. The SMILES string of the molecule is CN(Cc1cnn(C)c1)C(=O)c1cccc([N+](=O)[O-])c1. The molecule has 1 heterocycles. The van der Waals surface area contributed by atoms with Crippen molar-refractivity contribution in [3.63, 3.8) is 0 Å². The first-order chi connectivity index (χ1) is 9.47. The molecule has 7 heteroatoms. The molecule has 0 atom stereocenters. The Morgan fingerprint density at radius 1 is 1.50 bits per heavy atom. The second-order valence-corrected chi connectivity index (χ2v) is 4.49. The topological polar surface area (TPSA) is 81.3 Å². The Labute approximate surface area is 115 Å². The lowest BCUT2D eigenvalue weighted by Crippen LogP contribution is -2.26. The van der Waals surface area contributed by atoms with Crippen molar-refractivity contribution in [1.82, 2.24) is 14.7 Å². The van der Waals surface area contributed by atoms with Gasteiger partial charge in [0.1, 0.15) is 0 Å². The van der Waals surface area contributed by atoms with Crippen molar-refractivity contribution in [3.8, 4) is 0 Å². The zero-order chi connectivity index (χ0) is 14.7. The van der Waals surface area contributed by atoms with Crippen LogP contribution in [0, 0.1) is 10.1 Å². The molecule has 0 aliphatic heterocycles. The Bertz CT molecular complexity index is 651. The predicted molar refractivity (Wildman–Crippen MR) is 72.1 cm³/mol. The summed E-state index contributed by atoms with van der Waals surface area (Å²) in [5.74, 6) is -0.266. The zero-order valence-corrected chi connectivity index (χ0v) is 11.2. The van der Waals surface area contributed by atoms with Gasteiger partial charge in [0.25, 0.3) is 11.6 Å². The van der Waals surface area contributed by atoms with Gasteiger partial charge >= 0.3 is 0 Å². The molecule has 0 unspecified atom stereocenters. The third kappa shape index (κ3) is 3.00. The van der Waals surface area contributed by atoms with Gasteiger partial charge in [0.2, 0.25) is 0 Å². The number of non-ortho nitro benzene ring substituents is 1. The first-order valence-electron chi connectivity index (χ1n) is 5.95. The Morgan fingerprint density at radius 2 is 2.25 bits per heavy atom. The molecule has 2 rings (SSSR count). The number of hydrogen-bond acceptors (Lipinski definition) is 4. The maximum absolute atomic E-state index is 12.2. The fraction of sp³-hybridized carbons (Fsp3) is 0.231. The van der Waals surface area contributed by atoms with Gasteiger partial charge in [0.05, 0.1) is 11.1 Å².